The van der Waals surface area contributed by atoms with E-state index in [1.807, 2.05) is 0 Å². The van der Waals surface area contributed by atoms with Crippen molar-refractivity contribution in [2.75, 3.05) is 32.0 Å². The maximum Gasteiger partial charge on any atom is 0.0675 e. The number of rotatable bonds is 10. The molecule has 0 saturated carbocycles. The Bertz CT molecular complexity index is 246. The molecular formula is C16H29NOS. The van der Waals surface area contributed by atoms with Gasteiger partial charge >= 0.3 is 0 Å². The molecule has 0 radical (unpaired) electrons. The molecule has 0 bridgehead atoms. The van der Waals surface area contributed by atoms with Crippen LogP contribution >= 0.6 is 11.8 Å². The van der Waals surface area contributed by atoms with E-state index in [0.717, 1.165) is 25.2 Å². The molecule has 0 aromatic heterocycles. The molecule has 1 saturated heterocycles. The van der Waals surface area contributed by atoms with Crippen LogP contribution in [-0.4, -0.2) is 43.0 Å². The average Bonchev–Trinajstić information content (AvgIpc) is 2.46. The minimum atomic E-state index is 0.349. The topological polar surface area (TPSA) is 12.5 Å². The summed E-state index contributed by atoms with van der Waals surface area (Å²) in [7, 11) is 0. The number of terminal acetylenes is 1. The van der Waals surface area contributed by atoms with Crippen LogP contribution in [0.5, 0.6) is 0 Å². The van der Waals surface area contributed by atoms with E-state index in [2.05, 4.69) is 17.1 Å². The molecular weight excluding hydrogens is 254 g/mol. The summed E-state index contributed by atoms with van der Waals surface area (Å²) in [6.45, 7) is 6.87. The first-order valence-electron chi connectivity index (χ1n) is 7.78. The highest BCUT2D eigenvalue weighted by molar-refractivity contribution is 8.03. The number of likely N-dealkylation sites (tertiary alicyclic amines) is 1. The Morgan fingerprint density at radius 2 is 2.05 bits per heavy atom. The lowest BCUT2D eigenvalue weighted by Gasteiger charge is -2.26. The Kier molecular flexibility index (Phi) is 10.3. The van der Waals surface area contributed by atoms with Crippen molar-refractivity contribution in [1.29, 1.82) is 0 Å². The third-order valence-electron chi connectivity index (χ3n) is 3.65. The van der Waals surface area contributed by atoms with Gasteiger partial charge < -0.3 is 9.64 Å². The Morgan fingerprint density at radius 3 is 2.74 bits per heavy atom. The second-order valence-corrected chi connectivity index (χ2v) is 6.18. The van der Waals surface area contributed by atoms with Crippen molar-refractivity contribution in [3.8, 4) is 11.7 Å². The van der Waals surface area contributed by atoms with Crippen LogP contribution in [0, 0.1) is 11.7 Å². The molecule has 1 aliphatic rings. The van der Waals surface area contributed by atoms with Gasteiger partial charge in [-0.05, 0) is 44.0 Å². The highest BCUT2D eigenvalue weighted by Crippen LogP contribution is 2.12. The van der Waals surface area contributed by atoms with Crippen LogP contribution < -0.4 is 0 Å². The lowest BCUT2D eigenvalue weighted by atomic mass is 10.1. The molecule has 0 N–H and O–H groups in total. The summed E-state index contributed by atoms with van der Waals surface area (Å²) in [4.78, 5) is 2.57. The summed E-state index contributed by atoms with van der Waals surface area (Å²) in [6.07, 6.45) is 14.6. The van der Waals surface area contributed by atoms with E-state index in [1.165, 1.54) is 51.7 Å². The molecule has 19 heavy (non-hydrogen) atoms. The maximum absolute atomic E-state index is 5.99. The van der Waals surface area contributed by atoms with E-state index < -0.39 is 0 Å². The van der Waals surface area contributed by atoms with Gasteiger partial charge in [-0.1, -0.05) is 37.9 Å². The van der Waals surface area contributed by atoms with E-state index >= 15 is 0 Å². The van der Waals surface area contributed by atoms with Crippen molar-refractivity contribution in [2.24, 2.45) is 0 Å². The number of thioether (sulfide) groups is 1. The molecule has 110 valence electrons. The summed E-state index contributed by atoms with van der Waals surface area (Å²) < 4.78 is 5.99. The minimum Gasteiger partial charge on any atom is -0.377 e. The fraction of sp³-hybridized carbons (Fsp3) is 0.875. The zero-order valence-electron chi connectivity index (χ0n) is 12.4. The highest BCUT2D eigenvalue weighted by Gasteiger charge is 2.11. The van der Waals surface area contributed by atoms with Crippen molar-refractivity contribution >= 4 is 11.8 Å². The third-order valence-corrected chi connectivity index (χ3v) is 4.36. The van der Waals surface area contributed by atoms with Crippen LogP contribution in [0.3, 0.4) is 0 Å². The van der Waals surface area contributed by atoms with Gasteiger partial charge in [0.2, 0.25) is 0 Å². The SMILES string of the molecule is C#CSCC(CCCC)OCCCN1CCCCC1. The van der Waals surface area contributed by atoms with Crippen molar-refractivity contribution in [2.45, 2.75) is 58.0 Å². The summed E-state index contributed by atoms with van der Waals surface area (Å²) in [5, 5.41) is 2.65. The van der Waals surface area contributed by atoms with Crippen molar-refractivity contribution in [1.82, 2.24) is 4.90 Å². The zero-order valence-corrected chi connectivity index (χ0v) is 13.2. The van der Waals surface area contributed by atoms with Gasteiger partial charge in [0.25, 0.3) is 0 Å². The number of unbranched alkanes of at least 4 members (excludes halogenated alkanes) is 1. The summed E-state index contributed by atoms with van der Waals surface area (Å²) in [5.74, 6) is 0.945. The molecule has 1 atom stereocenters. The van der Waals surface area contributed by atoms with Gasteiger partial charge in [0.05, 0.1) is 6.10 Å². The maximum atomic E-state index is 5.99. The predicted molar refractivity (Wildman–Crippen MR) is 85.5 cm³/mol. The monoisotopic (exact) mass is 283 g/mol. The Labute approximate surface area is 123 Å². The summed E-state index contributed by atoms with van der Waals surface area (Å²) in [6, 6.07) is 0. The van der Waals surface area contributed by atoms with Crippen LogP contribution in [0.1, 0.15) is 51.9 Å². The Hall–Kier alpha value is -0.170. The molecule has 0 spiro atoms. The van der Waals surface area contributed by atoms with Gasteiger partial charge in [0.15, 0.2) is 0 Å². The quantitative estimate of drug-likeness (QED) is 0.447. The van der Waals surface area contributed by atoms with E-state index in [1.54, 1.807) is 11.8 Å². The first kappa shape index (κ1) is 16.9. The number of nitrogens with zero attached hydrogens (tertiary/aromatic N) is 1. The van der Waals surface area contributed by atoms with Crippen LogP contribution in [0.4, 0.5) is 0 Å². The van der Waals surface area contributed by atoms with Gasteiger partial charge in [-0.3, -0.25) is 0 Å². The van der Waals surface area contributed by atoms with Crippen LogP contribution in [0.15, 0.2) is 0 Å². The average molecular weight is 283 g/mol. The van der Waals surface area contributed by atoms with Gasteiger partial charge in [-0.25, -0.2) is 0 Å². The minimum absolute atomic E-state index is 0.349. The normalized spacial score (nSPS) is 18.1. The Morgan fingerprint density at radius 1 is 1.26 bits per heavy atom. The van der Waals surface area contributed by atoms with Crippen LogP contribution in [0.25, 0.3) is 0 Å². The van der Waals surface area contributed by atoms with Gasteiger partial charge in [0.1, 0.15) is 0 Å². The van der Waals surface area contributed by atoms with Crippen molar-refractivity contribution in [3.63, 3.8) is 0 Å². The number of piperidine rings is 1. The third kappa shape index (κ3) is 8.57. The van der Waals surface area contributed by atoms with Gasteiger partial charge in [-0.15, -0.1) is 6.42 Å². The standard InChI is InChI=1S/C16H29NOS/c1-3-5-10-16(15-19-4-2)18-14-9-13-17-11-7-6-8-12-17/h2,16H,3,5-15H2,1H3. The fourth-order valence-electron chi connectivity index (χ4n) is 2.51. The van der Waals surface area contributed by atoms with Gasteiger partial charge in [0, 0.05) is 18.9 Å². The van der Waals surface area contributed by atoms with E-state index in [-0.39, 0.29) is 0 Å². The highest BCUT2D eigenvalue weighted by atomic mass is 32.2. The molecule has 0 amide bonds. The molecule has 1 aliphatic heterocycles. The lowest BCUT2D eigenvalue weighted by molar-refractivity contribution is 0.0539. The lowest BCUT2D eigenvalue weighted by Crippen LogP contribution is -2.31. The van der Waals surface area contributed by atoms with Crippen molar-refractivity contribution in [3.05, 3.63) is 0 Å². The summed E-state index contributed by atoms with van der Waals surface area (Å²) >= 11 is 1.55. The molecule has 0 aromatic rings. The second kappa shape index (κ2) is 11.6. The molecule has 1 rings (SSSR count). The van der Waals surface area contributed by atoms with E-state index in [9.17, 15) is 0 Å². The van der Waals surface area contributed by atoms with E-state index in [4.69, 9.17) is 11.2 Å². The molecule has 1 unspecified atom stereocenters. The van der Waals surface area contributed by atoms with Crippen LogP contribution in [0.2, 0.25) is 0 Å². The largest absolute Gasteiger partial charge is 0.377 e. The predicted octanol–water partition coefficient (Wildman–Crippen LogP) is 3.76. The van der Waals surface area contributed by atoms with E-state index in [0.29, 0.717) is 6.10 Å². The smallest absolute Gasteiger partial charge is 0.0675 e. The molecule has 3 heteroatoms. The first-order valence-corrected chi connectivity index (χ1v) is 8.76. The summed E-state index contributed by atoms with van der Waals surface area (Å²) in [5.41, 5.74) is 0. The Balaban J connectivity index is 2.06. The second-order valence-electron chi connectivity index (χ2n) is 5.32. The zero-order chi connectivity index (χ0) is 13.8. The van der Waals surface area contributed by atoms with Gasteiger partial charge in [-0.2, -0.15) is 0 Å². The fourth-order valence-corrected chi connectivity index (χ4v) is 3.05. The first-order chi connectivity index (χ1) is 9.36. The number of hydrogen-bond donors (Lipinski definition) is 0. The molecule has 1 fully saturated rings. The number of hydrogen-bond acceptors (Lipinski definition) is 3. The molecule has 0 aliphatic carbocycles. The van der Waals surface area contributed by atoms with Crippen LogP contribution in [-0.2, 0) is 4.74 Å². The van der Waals surface area contributed by atoms with Crippen molar-refractivity contribution < 1.29 is 4.74 Å². The molecule has 0 aromatic carbocycles. The molecule has 2 nitrogen and oxygen atoms in total. The number of ether oxygens (including phenoxy) is 1. The molecule has 1 heterocycles.